The van der Waals surface area contributed by atoms with Gasteiger partial charge in [0.25, 0.3) is 0 Å². The molecule has 0 bridgehead atoms. The fraction of sp³-hybridized carbons (Fsp3) is 0.923. The Morgan fingerprint density at radius 3 is 2.68 bits per heavy atom. The van der Waals surface area contributed by atoms with Crippen molar-refractivity contribution in [3.63, 3.8) is 0 Å². The van der Waals surface area contributed by atoms with Crippen molar-refractivity contribution in [1.82, 2.24) is 14.9 Å². The van der Waals surface area contributed by atoms with E-state index in [9.17, 15) is 8.42 Å². The predicted molar refractivity (Wildman–Crippen MR) is 93.1 cm³/mol. The third kappa shape index (κ3) is 7.17. The molecule has 0 amide bonds. The van der Waals surface area contributed by atoms with Crippen LogP contribution in [0.25, 0.3) is 0 Å². The molecule has 0 saturated carbocycles. The van der Waals surface area contributed by atoms with Crippen LogP contribution in [0.5, 0.6) is 0 Å². The number of sulfonamides is 1. The minimum Gasteiger partial charge on any atom is -0.383 e. The van der Waals surface area contributed by atoms with Gasteiger partial charge in [-0.1, -0.05) is 0 Å². The molecule has 2 N–H and O–H groups in total. The van der Waals surface area contributed by atoms with Crippen molar-refractivity contribution in [2.24, 2.45) is 4.99 Å². The Labute approximate surface area is 138 Å². The van der Waals surface area contributed by atoms with E-state index in [2.05, 4.69) is 15.6 Å². The van der Waals surface area contributed by atoms with E-state index < -0.39 is 10.0 Å². The van der Waals surface area contributed by atoms with Crippen LogP contribution in [0.4, 0.5) is 0 Å². The van der Waals surface area contributed by atoms with E-state index in [1.54, 1.807) is 23.2 Å². The summed E-state index contributed by atoms with van der Waals surface area (Å²) in [6.45, 7) is 6.72. The average Bonchev–Trinajstić information content (AvgIpc) is 2.48. The van der Waals surface area contributed by atoms with Gasteiger partial charge < -0.3 is 15.4 Å². The van der Waals surface area contributed by atoms with Gasteiger partial charge in [-0.15, -0.1) is 0 Å². The van der Waals surface area contributed by atoms with Crippen LogP contribution in [-0.4, -0.2) is 81.9 Å². The highest BCUT2D eigenvalue weighted by atomic mass is 32.2. The molecule has 1 saturated heterocycles. The highest BCUT2D eigenvalue weighted by Crippen LogP contribution is 2.13. The largest absolute Gasteiger partial charge is 0.383 e. The maximum Gasteiger partial charge on any atom is 0.215 e. The summed E-state index contributed by atoms with van der Waals surface area (Å²) in [6, 6.07) is 0.110. The monoisotopic (exact) mass is 352 g/mol. The van der Waals surface area contributed by atoms with Crippen molar-refractivity contribution in [3.8, 4) is 0 Å². The zero-order valence-corrected chi connectivity index (χ0v) is 15.3. The summed E-state index contributed by atoms with van der Waals surface area (Å²) < 4.78 is 31.1. The van der Waals surface area contributed by atoms with E-state index in [0.29, 0.717) is 25.7 Å². The Morgan fingerprint density at radius 2 is 2.09 bits per heavy atom. The summed E-state index contributed by atoms with van der Waals surface area (Å²) in [5.74, 6) is 2.42. The highest BCUT2D eigenvalue weighted by Gasteiger charge is 2.23. The number of aliphatic imine (C=N–C) groups is 1. The van der Waals surface area contributed by atoms with Crippen LogP contribution >= 0.6 is 11.8 Å². The lowest BCUT2D eigenvalue weighted by Gasteiger charge is -2.25. The first kappa shape index (κ1) is 19.5. The molecule has 0 aliphatic carbocycles. The Bertz CT molecular complexity index is 437. The zero-order valence-electron chi connectivity index (χ0n) is 13.7. The van der Waals surface area contributed by atoms with Crippen molar-refractivity contribution >= 4 is 27.7 Å². The summed E-state index contributed by atoms with van der Waals surface area (Å²) in [5.41, 5.74) is 0. The van der Waals surface area contributed by atoms with Gasteiger partial charge in [0.15, 0.2) is 5.96 Å². The van der Waals surface area contributed by atoms with Crippen molar-refractivity contribution in [3.05, 3.63) is 0 Å². The van der Waals surface area contributed by atoms with Crippen LogP contribution in [0.2, 0.25) is 0 Å². The van der Waals surface area contributed by atoms with E-state index >= 15 is 0 Å². The second-order valence-corrected chi connectivity index (χ2v) is 8.40. The molecule has 1 atom stereocenters. The molecule has 1 rings (SSSR count). The van der Waals surface area contributed by atoms with Gasteiger partial charge in [0.1, 0.15) is 0 Å². The number of ether oxygens (including phenoxy) is 1. The molecule has 1 unspecified atom stereocenters. The lowest BCUT2D eigenvalue weighted by Crippen LogP contribution is -2.44. The zero-order chi connectivity index (χ0) is 16.4. The standard InChI is InChI=1S/C13H28N4O3S2/c1-4-14-13(16-12(2)11-20-3)15-5-10-22(18,19)17-6-8-21-9-7-17/h12H,4-11H2,1-3H3,(H2,14,15,16). The fourth-order valence-corrected chi connectivity index (χ4v) is 4.53. The summed E-state index contributed by atoms with van der Waals surface area (Å²) in [6.07, 6.45) is 0. The first-order valence-corrected chi connectivity index (χ1v) is 10.3. The first-order valence-electron chi connectivity index (χ1n) is 7.59. The maximum absolute atomic E-state index is 12.2. The second kappa shape index (κ2) is 10.3. The fourth-order valence-electron chi connectivity index (χ4n) is 2.07. The molecule has 1 fully saturated rings. The third-order valence-electron chi connectivity index (χ3n) is 3.13. The number of hydrogen-bond donors (Lipinski definition) is 2. The van der Waals surface area contributed by atoms with E-state index in [1.165, 1.54) is 0 Å². The molecule has 0 aromatic heterocycles. The van der Waals surface area contributed by atoms with Crippen molar-refractivity contribution in [1.29, 1.82) is 0 Å². The van der Waals surface area contributed by atoms with Gasteiger partial charge in [-0.05, 0) is 13.8 Å². The Kier molecular flexibility index (Phi) is 9.15. The van der Waals surface area contributed by atoms with Crippen molar-refractivity contribution in [2.75, 3.05) is 57.2 Å². The molecule has 9 heteroatoms. The smallest absolute Gasteiger partial charge is 0.215 e. The van der Waals surface area contributed by atoms with Crippen LogP contribution in [-0.2, 0) is 14.8 Å². The van der Waals surface area contributed by atoms with Gasteiger partial charge in [0.05, 0.1) is 18.9 Å². The Hall–Kier alpha value is -0.510. The number of rotatable bonds is 8. The van der Waals surface area contributed by atoms with Crippen LogP contribution < -0.4 is 10.6 Å². The van der Waals surface area contributed by atoms with Gasteiger partial charge >= 0.3 is 0 Å². The normalized spacial score (nSPS) is 19.0. The number of nitrogens with zero attached hydrogens (tertiary/aromatic N) is 2. The minimum absolute atomic E-state index is 0.0485. The lowest BCUT2D eigenvalue weighted by atomic mass is 10.4. The van der Waals surface area contributed by atoms with Crippen LogP contribution in [0.3, 0.4) is 0 Å². The Balaban J connectivity index is 2.51. The molecule has 0 radical (unpaired) electrons. The molecular weight excluding hydrogens is 324 g/mol. The number of hydrogen-bond acceptors (Lipinski definition) is 5. The van der Waals surface area contributed by atoms with Crippen LogP contribution in [0.1, 0.15) is 13.8 Å². The SMILES string of the molecule is CCNC(=NCCS(=O)(=O)N1CCSCC1)NC(C)COC. The number of thioether (sulfide) groups is 1. The second-order valence-electron chi connectivity index (χ2n) is 5.09. The third-order valence-corrected chi connectivity index (χ3v) is 5.92. The lowest BCUT2D eigenvalue weighted by molar-refractivity contribution is 0.179. The van der Waals surface area contributed by atoms with Crippen molar-refractivity contribution < 1.29 is 13.2 Å². The summed E-state index contributed by atoms with van der Waals surface area (Å²) in [4.78, 5) is 4.34. The van der Waals surface area contributed by atoms with Gasteiger partial charge in [-0.3, -0.25) is 4.99 Å². The number of guanidine groups is 1. The van der Waals surface area contributed by atoms with Gasteiger partial charge in [0.2, 0.25) is 10.0 Å². The molecular formula is C13H28N4O3S2. The average molecular weight is 353 g/mol. The Morgan fingerprint density at radius 1 is 1.41 bits per heavy atom. The molecule has 22 heavy (non-hydrogen) atoms. The number of methoxy groups -OCH3 is 1. The highest BCUT2D eigenvalue weighted by molar-refractivity contribution is 7.99. The summed E-state index contributed by atoms with van der Waals surface area (Å²) in [7, 11) is -1.56. The quantitative estimate of drug-likeness (QED) is 0.471. The molecule has 1 heterocycles. The minimum atomic E-state index is -3.20. The van der Waals surface area contributed by atoms with E-state index in [0.717, 1.165) is 18.1 Å². The summed E-state index contributed by atoms with van der Waals surface area (Å²) in [5, 5.41) is 6.30. The molecule has 130 valence electrons. The molecule has 0 spiro atoms. The van der Waals surface area contributed by atoms with Crippen molar-refractivity contribution in [2.45, 2.75) is 19.9 Å². The van der Waals surface area contributed by atoms with Gasteiger partial charge in [-0.2, -0.15) is 11.8 Å². The van der Waals surface area contributed by atoms with Gasteiger partial charge in [-0.25, -0.2) is 12.7 Å². The van der Waals surface area contributed by atoms with E-state index in [4.69, 9.17) is 4.74 Å². The van der Waals surface area contributed by atoms with Crippen LogP contribution in [0, 0.1) is 0 Å². The predicted octanol–water partition coefficient (Wildman–Crippen LogP) is -0.0450. The molecule has 7 nitrogen and oxygen atoms in total. The van der Waals surface area contributed by atoms with E-state index in [-0.39, 0.29) is 18.3 Å². The molecule has 1 aliphatic heterocycles. The van der Waals surface area contributed by atoms with Crippen LogP contribution in [0.15, 0.2) is 4.99 Å². The van der Waals surface area contributed by atoms with Gasteiger partial charge in [0, 0.05) is 44.3 Å². The topological polar surface area (TPSA) is 83.0 Å². The maximum atomic E-state index is 12.2. The molecule has 0 aromatic rings. The first-order chi connectivity index (χ1) is 10.5. The summed E-state index contributed by atoms with van der Waals surface area (Å²) >= 11 is 1.80. The van der Waals surface area contributed by atoms with E-state index in [1.807, 2.05) is 13.8 Å². The molecule has 0 aromatic carbocycles. The molecule has 1 aliphatic rings. The number of nitrogens with one attached hydrogen (secondary N) is 2.